The Morgan fingerprint density at radius 2 is 1.91 bits per heavy atom. The van der Waals surface area contributed by atoms with Crippen LogP contribution < -0.4 is 4.74 Å². The van der Waals surface area contributed by atoms with Gasteiger partial charge in [-0.25, -0.2) is 0 Å². The van der Waals surface area contributed by atoms with Crippen molar-refractivity contribution in [3.63, 3.8) is 0 Å². The summed E-state index contributed by atoms with van der Waals surface area (Å²) in [6.45, 7) is 3.47. The Morgan fingerprint density at radius 1 is 1.14 bits per heavy atom. The molecule has 1 aromatic carbocycles. The fourth-order valence-corrected chi connectivity index (χ4v) is 3.87. The highest BCUT2D eigenvalue weighted by Crippen LogP contribution is 2.32. The molecule has 118 valence electrons. The van der Waals surface area contributed by atoms with E-state index < -0.39 is 0 Å². The molecular formula is C17H22N2O3. The normalized spacial score (nSPS) is 29.7. The molecule has 2 saturated heterocycles. The monoisotopic (exact) mass is 302 g/mol. The summed E-state index contributed by atoms with van der Waals surface area (Å²) in [5.41, 5.74) is 0.678. The first-order valence-electron chi connectivity index (χ1n) is 8.08. The predicted octanol–water partition coefficient (Wildman–Crippen LogP) is 1.38. The number of likely N-dealkylation sites (N-methyl/N-ethyl adjacent to an activating group) is 1. The number of para-hydroxylation sites is 1. The number of carbonyl (C=O) groups is 1. The van der Waals surface area contributed by atoms with Crippen LogP contribution in [-0.2, 0) is 4.74 Å². The topological polar surface area (TPSA) is 42.0 Å². The van der Waals surface area contributed by atoms with Crippen molar-refractivity contribution in [1.82, 2.24) is 9.80 Å². The van der Waals surface area contributed by atoms with E-state index in [0.29, 0.717) is 11.6 Å². The molecule has 2 unspecified atom stereocenters. The van der Waals surface area contributed by atoms with Gasteiger partial charge in [0.1, 0.15) is 11.9 Å². The standard InChI is InChI=1S/C17H22N2O3/c1-18-14-10-19(12-6-8-21-9-7-12)11-16(14)22-15-5-3-2-4-13(15)17(18)20/h2-5,12,14,16H,6-11H2,1H3. The van der Waals surface area contributed by atoms with Gasteiger partial charge in [0.15, 0.2) is 0 Å². The largest absolute Gasteiger partial charge is 0.486 e. The molecule has 2 fully saturated rings. The number of ether oxygens (including phenoxy) is 2. The Labute approximate surface area is 130 Å². The molecule has 0 N–H and O–H groups in total. The summed E-state index contributed by atoms with van der Waals surface area (Å²) >= 11 is 0. The Morgan fingerprint density at radius 3 is 2.73 bits per heavy atom. The average Bonchev–Trinajstić information content (AvgIpc) is 2.95. The summed E-state index contributed by atoms with van der Waals surface area (Å²) in [7, 11) is 1.90. The number of nitrogens with zero attached hydrogens (tertiary/aromatic N) is 2. The first-order valence-corrected chi connectivity index (χ1v) is 8.08. The minimum atomic E-state index is 0.0560. The molecule has 0 radical (unpaired) electrons. The lowest BCUT2D eigenvalue weighted by molar-refractivity contribution is 0.0379. The molecule has 22 heavy (non-hydrogen) atoms. The molecule has 0 aliphatic carbocycles. The van der Waals surface area contributed by atoms with Crippen LogP contribution >= 0.6 is 0 Å². The molecule has 5 nitrogen and oxygen atoms in total. The van der Waals surface area contributed by atoms with Gasteiger partial charge < -0.3 is 14.4 Å². The lowest BCUT2D eigenvalue weighted by Gasteiger charge is -2.31. The van der Waals surface area contributed by atoms with Crippen LogP contribution in [0.15, 0.2) is 24.3 Å². The molecule has 5 heteroatoms. The van der Waals surface area contributed by atoms with Crippen LogP contribution in [-0.4, -0.2) is 67.2 Å². The van der Waals surface area contributed by atoms with Crippen molar-refractivity contribution in [1.29, 1.82) is 0 Å². The highest BCUT2D eigenvalue weighted by atomic mass is 16.5. The van der Waals surface area contributed by atoms with Crippen LogP contribution in [0.1, 0.15) is 23.2 Å². The number of fused-ring (bicyclic) bond motifs is 2. The maximum Gasteiger partial charge on any atom is 0.257 e. The summed E-state index contributed by atoms with van der Waals surface area (Å²) in [6.07, 6.45) is 2.21. The maximum atomic E-state index is 12.7. The van der Waals surface area contributed by atoms with Crippen LogP contribution in [0.3, 0.4) is 0 Å². The van der Waals surface area contributed by atoms with Crippen molar-refractivity contribution in [2.24, 2.45) is 0 Å². The third-order valence-electron chi connectivity index (χ3n) is 5.19. The fraction of sp³-hybridized carbons (Fsp3) is 0.588. The number of amides is 1. The number of benzene rings is 1. The van der Waals surface area contributed by atoms with Crippen molar-refractivity contribution >= 4 is 5.91 Å². The van der Waals surface area contributed by atoms with E-state index in [2.05, 4.69) is 4.90 Å². The van der Waals surface area contributed by atoms with Crippen molar-refractivity contribution in [2.75, 3.05) is 33.4 Å². The van der Waals surface area contributed by atoms with Crippen LogP contribution in [0.25, 0.3) is 0 Å². The van der Waals surface area contributed by atoms with Crippen molar-refractivity contribution in [3.05, 3.63) is 29.8 Å². The van der Waals surface area contributed by atoms with E-state index in [-0.39, 0.29) is 18.1 Å². The third-order valence-corrected chi connectivity index (χ3v) is 5.19. The minimum absolute atomic E-state index is 0.0560. The average molecular weight is 302 g/mol. The molecule has 0 aromatic heterocycles. The molecule has 0 bridgehead atoms. The van der Waals surface area contributed by atoms with Gasteiger partial charge in [0.25, 0.3) is 5.91 Å². The Balaban J connectivity index is 1.58. The molecule has 1 amide bonds. The number of likely N-dealkylation sites (tertiary alicyclic amines) is 1. The SMILES string of the molecule is CN1C(=O)c2ccccc2OC2CN(C3CCOCC3)CC21. The minimum Gasteiger partial charge on any atom is -0.486 e. The van der Waals surface area contributed by atoms with E-state index in [1.807, 2.05) is 36.2 Å². The van der Waals surface area contributed by atoms with Crippen LogP contribution in [0.5, 0.6) is 5.75 Å². The summed E-state index contributed by atoms with van der Waals surface area (Å²) in [6, 6.07) is 8.26. The van der Waals surface area contributed by atoms with E-state index in [1.54, 1.807) is 0 Å². The fourth-order valence-electron chi connectivity index (χ4n) is 3.87. The van der Waals surface area contributed by atoms with E-state index >= 15 is 0 Å². The Hall–Kier alpha value is -1.59. The number of rotatable bonds is 1. The smallest absolute Gasteiger partial charge is 0.257 e. The quantitative estimate of drug-likeness (QED) is 0.786. The van der Waals surface area contributed by atoms with E-state index in [4.69, 9.17) is 9.47 Å². The molecule has 4 rings (SSSR count). The molecular weight excluding hydrogens is 280 g/mol. The van der Waals surface area contributed by atoms with Gasteiger partial charge in [-0.3, -0.25) is 9.69 Å². The molecule has 0 spiro atoms. The summed E-state index contributed by atoms with van der Waals surface area (Å²) < 4.78 is 11.7. The van der Waals surface area contributed by atoms with Gasteiger partial charge in [-0.1, -0.05) is 12.1 Å². The van der Waals surface area contributed by atoms with Crippen LogP contribution in [0, 0.1) is 0 Å². The molecule has 0 saturated carbocycles. The predicted molar refractivity (Wildman–Crippen MR) is 82.2 cm³/mol. The Bertz CT molecular complexity index is 571. The summed E-state index contributed by atoms with van der Waals surface area (Å²) in [5.74, 6) is 0.789. The van der Waals surface area contributed by atoms with E-state index in [0.717, 1.165) is 44.9 Å². The summed E-state index contributed by atoms with van der Waals surface area (Å²) in [4.78, 5) is 17.0. The third kappa shape index (κ3) is 2.29. The van der Waals surface area contributed by atoms with Gasteiger partial charge in [-0.15, -0.1) is 0 Å². The van der Waals surface area contributed by atoms with Crippen molar-refractivity contribution in [3.8, 4) is 5.75 Å². The zero-order chi connectivity index (χ0) is 15.1. The van der Waals surface area contributed by atoms with Gasteiger partial charge in [-0.05, 0) is 25.0 Å². The first-order chi connectivity index (χ1) is 10.7. The Kier molecular flexibility index (Phi) is 3.54. The number of carbonyl (C=O) groups excluding carboxylic acids is 1. The zero-order valence-corrected chi connectivity index (χ0v) is 12.9. The van der Waals surface area contributed by atoms with Gasteiger partial charge in [0.2, 0.25) is 0 Å². The molecule has 3 aliphatic rings. The van der Waals surface area contributed by atoms with Crippen molar-refractivity contribution in [2.45, 2.75) is 31.0 Å². The van der Waals surface area contributed by atoms with Crippen LogP contribution in [0.4, 0.5) is 0 Å². The highest BCUT2D eigenvalue weighted by molar-refractivity contribution is 5.97. The van der Waals surface area contributed by atoms with Gasteiger partial charge >= 0.3 is 0 Å². The molecule has 1 aromatic rings. The number of hydrogen-bond donors (Lipinski definition) is 0. The lowest BCUT2D eigenvalue weighted by atomic mass is 10.1. The van der Waals surface area contributed by atoms with E-state index in [1.165, 1.54) is 0 Å². The second-order valence-electron chi connectivity index (χ2n) is 6.43. The van der Waals surface area contributed by atoms with Gasteiger partial charge in [0, 0.05) is 39.4 Å². The second-order valence-corrected chi connectivity index (χ2v) is 6.43. The molecule has 3 heterocycles. The lowest BCUT2D eigenvalue weighted by Crippen LogP contribution is -2.44. The summed E-state index contributed by atoms with van der Waals surface area (Å²) in [5, 5.41) is 0. The van der Waals surface area contributed by atoms with Crippen molar-refractivity contribution < 1.29 is 14.3 Å². The number of hydrogen-bond acceptors (Lipinski definition) is 4. The van der Waals surface area contributed by atoms with Crippen LogP contribution in [0.2, 0.25) is 0 Å². The first kappa shape index (κ1) is 14.0. The molecule has 3 aliphatic heterocycles. The van der Waals surface area contributed by atoms with E-state index in [9.17, 15) is 4.79 Å². The van der Waals surface area contributed by atoms with Gasteiger partial charge in [0.05, 0.1) is 11.6 Å². The highest BCUT2D eigenvalue weighted by Gasteiger charge is 2.44. The maximum absolute atomic E-state index is 12.7. The molecule has 2 atom stereocenters. The second kappa shape index (κ2) is 5.56. The van der Waals surface area contributed by atoms with Gasteiger partial charge in [-0.2, -0.15) is 0 Å². The zero-order valence-electron chi connectivity index (χ0n) is 12.9.